The number of anilines is 3. The summed E-state index contributed by atoms with van der Waals surface area (Å²) in [6.45, 7) is 1.63. The molecule has 5 rings (SSSR count). The van der Waals surface area contributed by atoms with Crippen molar-refractivity contribution in [2.45, 2.75) is 13.5 Å². The molecule has 46 heavy (non-hydrogen) atoms. The SMILES string of the molecule is Cc1ccc2cccc(OCc3c(Cl)ccc(N(C)C(=O)CNC(=O)Nc4cccc(C(=O)N(C)c5cccnc5)c4)c3Cl)c2n1. The number of hydrogen-bond acceptors (Lipinski definition) is 6. The lowest BCUT2D eigenvalue weighted by atomic mass is 10.1. The van der Waals surface area contributed by atoms with Gasteiger partial charge in [0.1, 0.15) is 17.9 Å². The number of ether oxygens (including phenoxy) is 1. The minimum absolute atomic E-state index is 0.0442. The average molecular weight is 658 g/mol. The number of rotatable bonds is 9. The summed E-state index contributed by atoms with van der Waals surface area (Å²) in [5.74, 6) is -0.127. The fourth-order valence-electron chi connectivity index (χ4n) is 4.64. The molecule has 12 heteroatoms. The normalized spacial score (nSPS) is 10.7. The van der Waals surface area contributed by atoms with Gasteiger partial charge in [0.15, 0.2) is 0 Å². The van der Waals surface area contributed by atoms with E-state index in [2.05, 4.69) is 20.6 Å². The second-order valence-corrected chi connectivity index (χ2v) is 11.1. The van der Waals surface area contributed by atoms with Gasteiger partial charge >= 0.3 is 6.03 Å². The highest BCUT2D eigenvalue weighted by molar-refractivity contribution is 6.38. The molecule has 2 N–H and O–H groups in total. The fraction of sp³-hybridized carbons (Fsp3) is 0.147. The number of urea groups is 1. The lowest BCUT2D eigenvalue weighted by Crippen LogP contribution is -2.40. The van der Waals surface area contributed by atoms with Crippen molar-refractivity contribution in [2.24, 2.45) is 0 Å². The van der Waals surface area contributed by atoms with E-state index in [1.807, 2.05) is 37.3 Å². The third-order valence-electron chi connectivity index (χ3n) is 7.20. The Hall–Kier alpha value is -5.19. The van der Waals surface area contributed by atoms with Gasteiger partial charge in [-0.3, -0.25) is 14.6 Å². The Bertz CT molecular complexity index is 1920. The highest BCUT2D eigenvalue weighted by Gasteiger charge is 2.20. The minimum Gasteiger partial charge on any atom is -0.487 e. The number of amides is 4. The lowest BCUT2D eigenvalue weighted by molar-refractivity contribution is -0.117. The molecular formula is C34H30Cl2N6O4. The highest BCUT2D eigenvalue weighted by atomic mass is 35.5. The third-order valence-corrected chi connectivity index (χ3v) is 7.98. The van der Waals surface area contributed by atoms with Gasteiger partial charge in [-0.15, -0.1) is 0 Å². The predicted octanol–water partition coefficient (Wildman–Crippen LogP) is 6.89. The fourth-order valence-corrected chi connectivity index (χ4v) is 5.24. The van der Waals surface area contributed by atoms with Crippen molar-refractivity contribution in [3.05, 3.63) is 118 Å². The van der Waals surface area contributed by atoms with Crippen molar-refractivity contribution in [3.63, 3.8) is 0 Å². The lowest BCUT2D eigenvalue weighted by Gasteiger charge is -2.21. The smallest absolute Gasteiger partial charge is 0.319 e. The van der Waals surface area contributed by atoms with Crippen molar-refractivity contribution in [1.29, 1.82) is 0 Å². The summed E-state index contributed by atoms with van der Waals surface area (Å²) in [5.41, 5.74) is 3.85. The molecule has 2 heterocycles. The maximum Gasteiger partial charge on any atom is 0.319 e. The molecule has 0 aliphatic rings. The molecule has 4 amide bonds. The topological polar surface area (TPSA) is 117 Å². The zero-order valence-corrected chi connectivity index (χ0v) is 26.8. The quantitative estimate of drug-likeness (QED) is 0.179. The van der Waals surface area contributed by atoms with E-state index in [4.69, 9.17) is 27.9 Å². The summed E-state index contributed by atoms with van der Waals surface area (Å²) in [7, 11) is 3.19. The number of carbonyl (C=O) groups excluding carboxylic acids is 3. The largest absolute Gasteiger partial charge is 0.487 e. The maximum atomic E-state index is 13.1. The predicted molar refractivity (Wildman–Crippen MR) is 181 cm³/mol. The first kappa shape index (κ1) is 32.2. The zero-order valence-electron chi connectivity index (χ0n) is 25.3. The molecule has 0 spiro atoms. The zero-order chi connectivity index (χ0) is 32.8. The standard InChI is InChI=1S/C34H30Cl2N6O4/c1-21-12-13-22-7-5-11-29(32(22)39-21)46-20-26-27(35)14-15-28(31(26)36)42(3)30(43)19-38-34(45)40-24-9-4-8-23(17-24)33(44)41(2)25-10-6-16-37-18-25/h4-18H,19-20H2,1-3H3,(H2,38,40,45). The molecule has 0 aliphatic carbocycles. The van der Waals surface area contributed by atoms with E-state index in [1.165, 1.54) is 9.80 Å². The Morgan fingerprint density at radius 2 is 1.72 bits per heavy atom. The molecule has 0 unspecified atom stereocenters. The average Bonchev–Trinajstić information content (AvgIpc) is 3.06. The number of fused-ring (bicyclic) bond motifs is 1. The highest BCUT2D eigenvalue weighted by Crippen LogP contribution is 2.35. The summed E-state index contributed by atoms with van der Waals surface area (Å²) in [5, 5.41) is 6.76. The molecule has 10 nitrogen and oxygen atoms in total. The van der Waals surface area contributed by atoms with Gasteiger partial charge in [-0.1, -0.05) is 47.5 Å². The maximum absolute atomic E-state index is 13.1. The van der Waals surface area contributed by atoms with E-state index in [9.17, 15) is 14.4 Å². The first-order valence-electron chi connectivity index (χ1n) is 14.2. The second-order valence-electron chi connectivity index (χ2n) is 10.3. The minimum atomic E-state index is -0.623. The van der Waals surface area contributed by atoms with E-state index in [1.54, 1.807) is 75.0 Å². The van der Waals surface area contributed by atoms with Crippen LogP contribution in [0, 0.1) is 6.92 Å². The van der Waals surface area contributed by atoms with Gasteiger partial charge in [0.05, 0.1) is 29.1 Å². The van der Waals surface area contributed by atoms with Crippen molar-refractivity contribution in [1.82, 2.24) is 15.3 Å². The van der Waals surface area contributed by atoms with Gasteiger partial charge in [0.2, 0.25) is 5.91 Å². The molecule has 3 aromatic carbocycles. The van der Waals surface area contributed by atoms with E-state index in [0.717, 1.165) is 16.6 Å². The number of aromatic nitrogens is 2. The van der Waals surface area contributed by atoms with Crippen LogP contribution in [0.15, 0.2) is 91.3 Å². The molecule has 234 valence electrons. The van der Waals surface area contributed by atoms with Crippen LogP contribution < -0.4 is 25.2 Å². The molecule has 0 radical (unpaired) electrons. The van der Waals surface area contributed by atoms with Crippen LogP contribution in [0.25, 0.3) is 10.9 Å². The number of aryl methyl sites for hydroxylation is 1. The van der Waals surface area contributed by atoms with Gasteiger partial charge in [0, 0.05) is 53.2 Å². The van der Waals surface area contributed by atoms with Gasteiger partial charge in [0.25, 0.3) is 5.91 Å². The number of para-hydroxylation sites is 1. The molecule has 0 bridgehead atoms. The van der Waals surface area contributed by atoms with Gasteiger partial charge in [-0.2, -0.15) is 0 Å². The third kappa shape index (κ3) is 7.36. The van der Waals surface area contributed by atoms with Crippen molar-refractivity contribution < 1.29 is 19.1 Å². The number of pyridine rings is 2. The molecule has 0 fully saturated rings. The Morgan fingerprint density at radius 3 is 2.50 bits per heavy atom. The van der Waals surface area contributed by atoms with E-state index < -0.39 is 11.9 Å². The summed E-state index contributed by atoms with van der Waals surface area (Å²) in [4.78, 5) is 50.1. The Morgan fingerprint density at radius 1 is 0.913 bits per heavy atom. The van der Waals surface area contributed by atoms with Crippen molar-refractivity contribution in [2.75, 3.05) is 35.8 Å². The van der Waals surface area contributed by atoms with E-state index >= 15 is 0 Å². The summed E-state index contributed by atoms with van der Waals surface area (Å²) < 4.78 is 6.08. The molecule has 0 saturated heterocycles. The number of nitrogens with one attached hydrogen (secondary N) is 2. The first-order valence-corrected chi connectivity index (χ1v) is 14.9. The Balaban J connectivity index is 1.20. The number of benzene rings is 3. The van der Waals surface area contributed by atoms with Crippen LogP contribution in [0.1, 0.15) is 21.6 Å². The van der Waals surface area contributed by atoms with Crippen LogP contribution in [0.2, 0.25) is 10.0 Å². The van der Waals surface area contributed by atoms with Crippen LogP contribution in [0.3, 0.4) is 0 Å². The molecule has 0 atom stereocenters. The number of likely N-dealkylation sites (N-methyl/N-ethyl adjacent to an activating group) is 1. The molecule has 0 saturated carbocycles. The second kappa shape index (κ2) is 14.3. The van der Waals surface area contributed by atoms with Crippen LogP contribution in [-0.4, -0.2) is 48.5 Å². The number of carbonyl (C=O) groups is 3. The summed E-state index contributed by atoms with van der Waals surface area (Å²) in [6, 6.07) is 22.2. The molecular weight excluding hydrogens is 627 g/mol. The van der Waals surface area contributed by atoms with Crippen molar-refractivity contribution >= 4 is 69.0 Å². The van der Waals surface area contributed by atoms with E-state index in [-0.39, 0.29) is 24.1 Å². The Labute approximate surface area is 275 Å². The van der Waals surface area contributed by atoms with Gasteiger partial charge in [-0.05, 0) is 61.5 Å². The number of nitrogens with zero attached hydrogens (tertiary/aromatic N) is 4. The van der Waals surface area contributed by atoms with Gasteiger partial charge in [-0.25, -0.2) is 9.78 Å². The summed E-state index contributed by atoms with van der Waals surface area (Å²) >= 11 is 13.2. The van der Waals surface area contributed by atoms with Gasteiger partial charge < -0.3 is 25.2 Å². The number of hydrogen-bond donors (Lipinski definition) is 2. The van der Waals surface area contributed by atoms with Crippen LogP contribution in [0.4, 0.5) is 21.9 Å². The summed E-state index contributed by atoms with van der Waals surface area (Å²) in [6.07, 6.45) is 3.20. The molecule has 0 aliphatic heterocycles. The number of halogens is 2. The van der Waals surface area contributed by atoms with Crippen LogP contribution >= 0.6 is 23.2 Å². The molecule has 2 aromatic heterocycles. The first-order chi connectivity index (χ1) is 22.1. The van der Waals surface area contributed by atoms with Crippen LogP contribution in [-0.2, 0) is 11.4 Å². The monoisotopic (exact) mass is 656 g/mol. The van der Waals surface area contributed by atoms with E-state index in [0.29, 0.717) is 39.0 Å². The van der Waals surface area contributed by atoms with Crippen molar-refractivity contribution in [3.8, 4) is 5.75 Å². The molecule has 5 aromatic rings. The van der Waals surface area contributed by atoms with Crippen LogP contribution in [0.5, 0.6) is 5.75 Å². The Kier molecular flexibility index (Phi) is 10.00.